The molecule has 0 spiro atoms. The van der Waals surface area contributed by atoms with E-state index >= 15 is 0 Å². The molecular formula is C11H16O3. The van der Waals surface area contributed by atoms with E-state index in [2.05, 4.69) is 0 Å². The highest BCUT2D eigenvalue weighted by Crippen LogP contribution is 2.15. The molecule has 0 aliphatic carbocycles. The van der Waals surface area contributed by atoms with Crippen LogP contribution in [0.3, 0.4) is 0 Å². The second-order valence-corrected chi connectivity index (χ2v) is 2.45. The summed E-state index contributed by atoms with van der Waals surface area (Å²) in [5, 5.41) is 8.34. The van der Waals surface area contributed by atoms with Crippen molar-refractivity contribution >= 4 is 5.97 Å². The monoisotopic (exact) mass is 196 g/mol. The zero-order valence-corrected chi connectivity index (χ0v) is 8.78. The number of aryl methyl sites for hydroxylation is 1. The molecule has 0 aliphatic heterocycles. The van der Waals surface area contributed by atoms with Crippen LogP contribution in [0.25, 0.3) is 0 Å². The van der Waals surface area contributed by atoms with Crippen molar-refractivity contribution in [1.82, 2.24) is 0 Å². The van der Waals surface area contributed by atoms with E-state index in [1.165, 1.54) is 0 Å². The number of carbonyl (C=O) groups is 1. The van der Waals surface area contributed by atoms with Gasteiger partial charge in [-0.25, -0.2) is 4.79 Å². The smallest absolute Gasteiger partial charge is 0.341 e. The van der Waals surface area contributed by atoms with E-state index in [1.54, 1.807) is 6.07 Å². The maximum absolute atomic E-state index is 10.2. The molecule has 1 aromatic rings. The van der Waals surface area contributed by atoms with Gasteiger partial charge in [0, 0.05) is 0 Å². The van der Waals surface area contributed by atoms with Gasteiger partial charge in [0.15, 0.2) is 6.61 Å². The summed E-state index contributed by atoms with van der Waals surface area (Å²) in [7, 11) is 0. The van der Waals surface area contributed by atoms with Crippen molar-refractivity contribution in [2.75, 3.05) is 6.61 Å². The molecule has 3 heteroatoms. The van der Waals surface area contributed by atoms with E-state index in [-0.39, 0.29) is 6.61 Å². The van der Waals surface area contributed by atoms with Crippen LogP contribution in [0, 0.1) is 6.92 Å². The Labute approximate surface area is 84.3 Å². The van der Waals surface area contributed by atoms with Gasteiger partial charge in [-0.05, 0) is 18.6 Å². The minimum absolute atomic E-state index is 0.287. The zero-order chi connectivity index (χ0) is 11.0. The van der Waals surface area contributed by atoms with Crippen LogP contribution >= 0.6 is 0 Å². The van der Waals surface area contributed by atoms with Gasteiger partial charge in [-0.2, -0.15) is 0 Å². The van der Waals surface area contributed by atoms with Crippen LogP contribution in [0.2, 0.25) is 0 Å². The number of aliphatic carboxylic acids is 1. The average Bonchev–Trinajstić information content (AvgIpc) is 2.19. The Kier molecular flexibility index (Phi) is 6.20. The molecule has 1 N–H and O–H groups in total. The SMILES string of the molecule is CC.Cc1ccccc1OCC(=O)O. The molecule has 0 unspecified atom stereocenters. The summed E-state index contributed by atoms with van der Waals surface area (Å²) in [6.07, 6.45) is 0. The van der Waals surface area contributed by atoms with Gasteiger partial charge in [0.1, 0.15) is 5.75 Å². The van der Waals surface area contributed by atoms with Crippen LogP contribution < -0.4 is 4.74 Å². The van der Waals surface area contributed by atoms with Crippen molar-refractivity contribution < 1.29 is 14.6 Å². The molecule has 78 valence electrons. The topological polar surface area (TPSA) is 46.5 Å². The fraction of sp³-hybridized carbons (Fsp3) is 0.364. The van der Waals surface area contributed by atoms with Crippen molar-refractivity contribution in [2.24, 2.45) is 0 Å². The Bertz CT molecular complexity index is 282. The second-order valence-electron chi connectivity index (χ2n) is 2.45. The fourth-order valence-electron chi connectivity index (χ4n) is 0.858. The molecule has 14 heavy (non-hydrogen) atoms. The minimum Gasteiger partial charge on any atom is -0.482 e. The molecule has 0 aromatic heterocycles. The molecule has 1 aromatic carbocycles. The molecule has 0 radical (unpaired) electrons. The highest BCUT2D eigenvalue weighted by atomic mass is 16.5. The molecule has 0 fully saturated rings. The zero-order valence-electron chi connectivity index (χ0n) is 8.78. The van der Waals surface area contributed by atoms with Gasteiger partial charge < -0.3 is 9.84 Å². The second kappa shape index (κ2) is 6.95. The summed E-state index contributed by atoms with van der Waals surface area (Å²) in [5.74, 6) is -0.335. The Balaban J connectivity index is 0.000000791. The number of hydrogen-bond acceptors (Lipinski definition) is 2. The number of carboxylic acid groups (broad SMARTS) is 1. The summed E-state index contributed by atoms with van der Waals surface area (Å²) in [6, 6.07) is 7.31. The molecule has 0 atom stereocenters. The summed E-state index contributed by atoms with van der Waals surface area (Å²) in [6.45, 7) is 5.59. The van der Waals surface area contributed by atoms with Crippen molar-refractivity contribution in [1.29, 1.82) is 0 Å². The quantitative estimate of drug-likeness (QED) is 0.807. The number of hydrogen-bond donors (Lipinski definition) is 1. The van der Waals surface area contributed by atoms with E-state index in [0.29, 0.717) is 5.75 Å². The highest BCUT2D eigenvalue weighted by Gasteiger charge is 2.00. The third kappa shape index (κ3) is 4.50. The summed E-state index contributed by atoms with van der Waals surface area (Å²) in [5.41, 5.74) is 0.943. The van der Waals surface area contributed by atoms with Gasteiger partial charge in [-0.3, -0.25) is 0 Å². The largest absolute Gasteiger partial charge is 0.482 e. The van der Waals surface area contributed by atoms with E-state index in [0.717, 1.165) is 5.56 Å². The molecule has 0 aliphatic rings. The standard InChI is InChI=1S/C9H10O3.C2H6/c1-7-4-2-3-5-8(7)12-6-9(10)11;1-2/h2-5H,6H2,1H3,(H,10,11);1-2H3. The molecule has 1 rings (SSSR count). The molecule has 0 saturated carbocycles. The summed E-state index contributed by atoms with van der Waals surface area (Å²) >= 11 is 0. The molecule has 3 nitrogen and oxygen atoms in total. The van der Waals surface area contributed by atoms with E-state index < -0.39 is 5.97 Å². The first-order chi connectivity index (χ1) is 6.70. The molecule has 0 saturated heterocycles. The highest BCUT2D eigenvalue weighted by molar-refractivity contribution is 5.68. The molecule has 0 heterocycles. The lowest BCUT2D eigenvalue weighted by Gasteiger charge is -2.04. The van der Waals surface area contributed by atoms with Gasteiger partial charge in [0.05, 0.1) is 0 Å². The summed E-state index contributed by atoms with van der Waals surface area (Å²) < 4.78 is 5.00. The van der Waals surface area contributed by atoms with Gasteiger partial charge in [0.25, 0.3) is 0 Å². The Morgan fingerprint density at radius 3 is 2.43 bits per heavy atom. The maximum Gasteiger partial charge on any atom is 0.341 e. The molecule has 0 amide bonds. The van der Waals surface area contributed by atoms with Gasteiger partial charge in [-0.1, -0.05) is 32.0 Å². The van der Waals surface area contributed by atoms with Crippen molar-refractivity contribution in [2.45, 2.75) is 20.8 Å². The van der Waals surface area contributed by atoms with Gasteiger partial charge in [0.2, 0.25) is 0 Å². The Morgan fingerprint density at radius 1 is 1.36 bits per heavy atom. The Hall–Kier alpha value is -1.51. The van der Waals surface area contributed by atoms with Gasteiger partial charge >= 0.3 is 5.97 Å². The normalized spacial score (nSPS) is 8.50. The van der Waals surface area contributed by atoms with E-state index in [4.69, 9.17) is 9.84 Å². The van der Waals surface area contributed by atoms with E-state index in [1.807, 2.05) is 39.0 Å². The number of benzene rings is 1. The summed E-state index contributed by atoms with van der Waals surface area (Å²) in [4.78, 5) is 10.2. The van der Waals surface area contributed by atoms with Crippen LogP contribution in [-0.2, 0) is 4.79 Å². The fourth-order valence-corrected chi connectivity index (χ4v) is 0.858. The van der Waals surface area contributed by atoms with Crippen LogP contribution in [0.4, 0.5) is 0 Å². The third-order valence-electron chi connectivity index (χ3n) is 1.44. The lowest BCUT2D eigenvalue weighted by molar-refractivity contribution is -0.139. The number of carboxylic acids is 1. The predicted molar refractivity (Wildman–Crippen MR) is 55.7 cm³/mol. The molecule has 0 bridgehead atoms. The van der Waals surface area contributed by atoms with Crippen LogP contribution in [0.5, 0.6) is 5.75 Å². The molecular weight excluding hydrogens is 180 g/mol. The average molecular weight is 196 g/mol. The third-order valence-corrected chi connectivity index (χ3v) is 1.44. The lowest BCUT2D eigenvalue weighted by Crippen LogP contribution is -2.09. The van der Waals surface area contributed by atoms with Crippen molar-refractivity contribution in [3.8, 4) is 5.75 Å². The Morgan fingerprint density at radius 2 is 1.93 bits per heavy atom. The van der Waals surface area contributed by atoms with Crippen LogP contribution in [0.1, 0.15) is 19.4 Å². The number of ether oxygens (including phenoxy) is 1. The first kappa shape index (κ1) is 12.5. The minimum atomic E-state index is -0.960. The predicted octanol–water partition coefficient (Wildman–Crippen LogP) is 2.48. The first-order valence-electron chi connectivity index (χ1n) is 4.60. The van der Waals surface area contributed by atoms with E-state index in [9.17, 15) is 4.79 Å². The van der Waals surface area contributed by atoms with Crippen LogP contribution in [-0.4, -0.2) is 17.7 Å². The van der Waals surface area contributed by atoms with Crippen molar-refractivity contribution in [3.63, 3.8) is 0 Å². The van der Waals surface area contributed by atoms with Crippen molar-refractivity contribution in [3.05, 3.63) is 29.8 Å². The lowest BCUT2D eigenvalue weighted by atomic mass is 10.2. The number of rotatable bonds is 3. The van der Waals surface area contributed by atoms with Gasteiger partial charge in [-0.15, -0.1) is 0 Å². The number of para-hydroxylation sites is 1. The van der Waals surface area contributed by atoms with Crippen LogP contribution in [0.15, 0.2) is 24.3 Å². The first-order valence-corrected chi connectivity index (χ1v) is 4.60. The maximum atomic E-state index is 10.2.